The molecule has 1 saturated carbocycles. The first-order valence-electron chi connectivity index (χ1n) is 7.59. The molecule has 1 aliphatic carbocycles. The van der Waals surface area contributed by atoms with Crippen molar-refractivity contribution in [1.82, 2.24) is 5.32 Å². The van der Waals surface area contributed by atoms with Gasteiger partial charge in [0.1, 0.15) is 6.10 Å². The highest BCUT2D eigenvalue weighted by Crippen LogP contribution is 2.44. The maximum absolute atomic E-state index is 6.20. The van der Waals surface area contributed by atoms with E-state index in [0.717, 1.165) is 30.9 Å². The number of nitrogens with one attached hydrogen (secondary N) is 1. The monoisotopic (exact) mass is 277 g/mol. The summed E-state index contributed by atoms with van der Waals surface area (Å²) in [5, 5.41) is 3.52. The zero-order valence-electron chi connectivity index (χ0n) is 13.3. The lowest BCUT2D eigenvalue weighted by atomic mass is 9.64. The fourth-order valence-corrected chi connectivity index (χ4v) is 2.86. The molecular formula is C17H27NO2. The van der Waals surface area contributed by atoms with Crippen LogP contribution < -0.4 is 14.8 Å². The van der Waals surface area contributed by atoms with E-state index in [1.807, 2.05) is 6.07 Å². The van der Waals surface area contributed by atoms with Crippen molar-refractivity contribution in [3.63, 3.8) is 0 Å². The number of aryl methyl sites for hydroxylation is 1. The minimum atomic E-state index is 0.157. The van der Waals surface area contributed by atoms with Crippen LogP contribution in [0.1, 0.15) is 39.7 Å². The standard InChI is InChI=1S/C17H27NO2/c1-6-12-8-9-13(14(10-12)19-5)20-16-11-15(18-7-2)17(16,3)4/h8-10,15-16,18H,6-7,11H2,1-5H3. The third-order valence-corrected chi connectivity index (χ3v) is 4.53. The predicted molar refractivity (Wildman–Crippen MR) is 82.7 cm³/mol. The van der Waals surface area contributed by atoms with E-state index in [-0.39, 0.29) is 11.5 Å². The molecule has 112 valence electrons. The predicted octanol–water partition coefficient (Wildman–Crippen LogP) is 3.41. The van der Waals surface area contributed by atoms with Crippen molar-refractivity contribution in [2.45, 2.75) is 52.7 Å². The number of methoxy groups -OCH3 is 1. The van der Waals surface area contributed by atoms with Gasteiger partial charge >= 0.3 is 0 Å². The van der Waals surface area contributed by atoms with Gasteiger partial charge in [-0.15, -0.1) is 0 Å². The molecule has 3 nitrogen and oxygen atoms in total. The smallest absolute Gasteiger partial charge is 0.161 e. The molecule has 1 aromatic rings. The van der Waals surface area contributed by atoms with Gasteiger partial charge in [-0.05, 0) is 30.7 Å². The van der Waals surface area contributed by atoms with Crippen LogP contribution in [0.4, 0.5) is 0 Å². The average molecular weight is 277 g/mol. The zero-order chi connectivity index (χ0) is 14.8. The molecule has 0 aliphatic heterocycles. The molecule has 2 atom stereocenters. The summed E-state index contributed by atoms with van der Waals surface area (Å²) in [6.45, 7) is 9.83. The highest BCUT2D eigenvalue weighted by Gasteiger charge is 2.49. The van der Waals surface area contributed by atoms with Gasteiger partial charge in [0.15, 0.2) is 11.5 Å². The van der Waals surface area contributed by atoms with Crippen LogP contribution in [0.3, 0.4) is 0 Å². The van der Waals surface area contributed by atoms with Crippen LogP contribution >= 0.6 is 0 Å². The van der Waals surface area contributed by atoms with Gasteiger partial charge in [0.05, 0.1) is 7.11 Å². The lowest BCUT2D eigenvalue weighted by molar-refractivity contribution is -0.0551. The first kappa shape index (κ1) is 15.2. The summed E-state index contributed by atoms with van der Waals surface area (Å²) in [6.07, 6.45) is 2.31. The fraction of sp³-hybridized carbons (Fsp3) is 0.647. The van der Waals surface area contributed by atoms with Crippen LogP contribution in [0.25, 0.3) is 0 Å². The van der Waals surface area contributed by atoms with Gasteiger partial charge in [0, 0.05) is 17.9 Å². The first-order valence-corrected chi connectivity index (χ1v) is 7.59. The molecule has 3 heteroatoms. The van der Waals surface area contributed by atoms with E-state index >= 15 is 0 Å². The van der Waals surface area contributed by atoms with Gasteiger partial charge in [0.25, 0.3) is 0 Å². The van der Waals surface area contributed by atoms with E-state index in [1.54, 1.807) is 7.11 Å². The Balaban J connectivity index is 2.08. The number of benzene rings is 1. The van der Waals surface area contributed by atoms with Crippen molar-refractivity contribution >= 4 is 0 Å². The average Bonchev–Trinajstić information content (AvgIpc) is 2.46. The Hall–Kier alpha value is -1.22. The van der Waals surface area contributed by atoms with Gasteiger partial charge in [-0.3, -0.25) is 0 Å². The zero-order valence-corrected chi connectivity index (χ0v) is 13.3. The molecule has 0 aromatic heterocycles. The molecule has 0 saturated heterocycles. The summed E-state index contributed by atoms with van der Waals surface area (Å²) in [5.41, 5.74) is 1.43. The van der Waals surface area contributed by atoms with E-state index < -0.39 is 0 Å². The lowest BCUT2D eigenvalue weighted by Crippen LogP contribution is -2.62. The SMILES string of the molecule is CCNC1CC(Oc2ccc(CC)cc2OC)C1(C)C. The molecule has 0 radical (unpaired) electrons. The summed E-state index contributed by atoms with van der Waals surface area (Å²) < 4.78 is 11.7. The van der Waals surface area contributed by atoms with Crippen molar-refractivity contribution in [1.29, 1.82) is 0 Å². The van der Waals surface area contributed by atoms with Crippen LogP contribution in [0.5, 0.6) is 11.5 Å². The van der Waals surface area contributed by atoms with Gasteiger partial charge < -0.3 is 14.8 Å². The quantitative estimate of drug-likeness (QED) is 0.864. The third-order valence-electron chi connectivity index (χ3n) is 4.53. The van der Waals surface area contributed by atoms with Gasteiger partial charge in [-0.25, -0.2) is 0 Å². The molecule has 1 fully saturated rings. The number of hydrogen-bond donors (Lipinski definition) is 1. The molecule has 0 amide bonds. The number of hydrogen-bond acceptors (Lipinski definition) is 3. The Morgan fingerprint density at radius 2 is 2.00 bits per heavy atom. The van der Waals surface area contributed by atoms with Crippen molar-refractivity contribution in [2.75, 3.05) is 13.7 Å². The Morgan fingerprint density at radius 3 is 2.55 bits per heavy atom. The van der Waals surface area contributed by atoms with Gasteiger partial charge in [-0.2, -0.15) is 0 Å². The fourth-order valence-electron chi connectivity index (χ4n) is 2.86. The Bertz CT molecular complexity index is 456. The topological polar surface area (TPSA) is 30.5 Å². The van der Waals surface area contributed by atoms with Crippen LogP contribution in [0.2, 0.25) is 0 Å². The third kappa shape index (κ3) is 2.78. The largest absolute Gasteiger partial charge is 0.493 e. The summed E-state index contributed by atoms with van der Waals surface area (Å²) in [4.78, 5) is 0. The minimum absolute atomic E-state index is 0.157. The van der Waals surface area contributed by atoms with E-state index in [0.29, 0.717) is 6.04 Å². The van der Waals surface area contributed by atoms with Crippen molar-refractivity contribution in [2.24, 2.45) is 5.41 Å². The minimum Gasteiger partial charge on any atom is -0.493 e. The molecule has 0 spiro atoms. The Labute approximate surface area is 122 Å². The van der Waals surface area contributed by atoms with Crippen LogP contribution in [0.15, 0.2) is 18.2 Å². The summed E-state index contributed by atoms with van der Waals surface area (Å²) in [5.74, 6) is 1.70. The van der Waals surface area contributed by atoms with Crippen molar-refractivity contribution in [3.05, 3.63) is 23.8 Å². The maximum Gasteiger partial charge on any atom is 0.161 e. The molecule has 0 bridgehead atoms. The summed E-state index contributed by atoms with van der Waals surface area (Å²) >= 11 is 0. The van der Waals surface area contributed by atoms with Crippen LogP contribution in [0, 0.1) is 5.41 Å². The molecule has 2 unspecified atom stereocenters. The van der Waals surface area contributed by atoms with Crippen molar-refractivity contribution in [3.8, 4) is 11.5 Å². The van der Waals surface area contributed by atoms with E-state index in [2.05, 4.69) is 45.1 Å². The molecule has 20 heavy (non-hydrogen) atoms. The lowest BCUT2D eigenvalue weighted by Gasteiger charge is -2.51. The summed E-state index contributed by atoms with van der Waals surface area (Å²) in [6, 6.07) is 6.76. The van der Waals surface area contributed by atoms with E-state index in [9.17, 15) is 0 Å². The summed E-state index contributed by atoms with van der Waals surface area (Å²) in [7, 11) is 1.70. The second kappa shape index (κ2) is 6.04. The second-order valence-electron chi connectivity index (χ2n) is 6.11. The highest BCUT2D eigenvalue weighted by atomic mass is 16.5. The second-order valence-corrected chi connectivity index (χ2v) is 6.11. The molecule has 2 rings (SSSR count). The Kier molecular flexibility index (Phi) is 4.59. The van der Waals surface area contributed by atoms with Crippen molar-refractivity contribution < 1.29 is 9.47 Å². The first-order chi connectivity index (χ1) is 9.52. The number of rotatable bonds is 6. The molecular weight excluding hydrogens is 250 g/mol. The van der Waals surface area contributed by atoms with E-state index in [1.165, 1.54) is 5.56 Å². The Morgan fingerprint density at radius 1 is 1.25 bits per heavy atom. The molecule has 0 heterocycles. The van der Waals surface area contributed by atoms with Crippen LogP contribution in [-0.4, -0.2) is 25.8 Å². The molecule has 1 aromatic carbocycles. The van der Waals surface area contributed by atoms with Gasteiger partial charge in [-0.1, -0.05) is 33.8 Å². The number of ether oxygens (including phenoxy) is 2. The molecule has 1 aliphatic rings. The normalized spacial score (nSPS) is 24.1. The van der Waals surface area contributed by atoms with E-state index in [4.69, 9.17) is 9.47 Å². The molecule has 1 N–H and O–H groups in total. The maximum atomic E-state index is 6.20. The van der Waals surface area contributed by atoms with Gasteiger partial charge in [0.2, 0.25) is 0 Å². The highest BCUT2D eigenvalue weighted by molar-refractivity contribution is 5.43. The van der Waals surface area contributed by atoms with Crippen LogP contribution in [-0.2, 0) is 6.42 Å².